The van der Waals surface area contributed by atoms with Crippen LogP contribution < -0.4 is 15.6 Å². The number of nitrogens with zero attached hydrogens (tertiary/aromatic N) is 3. The maximum Gasteiger partial charge on any atom is 0.295 e. The third kappa shape index (κ3) is 2.60. The van der Waals surface area contributed by atoms with Gasteiger partial charge in [-0.1, -0.05) is 0 Å². The summed E-state index contributed by atoms with van der Waals surface area (Å²) in [7, 11) is 1.42. The molecule has 8 heteroatoms. The van der Waals surface area contributed by atoms with E-state index in [9.17, 15) is 4.79 Å². The fourth-order valence-electron chi connectivity index (χ4n) is 1.35. The Labute approximate surface area is 96.5 Å². The Hall–Kier alpha value is -2.38. The molecular weight excluding hydrogens is 224 g/mol. The highest BCUT2D eigenvalue weighted by Crippen LogP contribution is 2.13. The number of anilines is 1. The van der Waals surface area contributed by atoms with Gasteiger partial charge in [0, 0.05) is 13.0 Å². The van der Waals surface area contributed by atoms with Crippen molar-refractivity contribution >= 4 is 5.82 Å². The molecule has 0 aliphatic heterocycles. The van der Waals surface area contributed by atoms with Crippen molar-refractivity contribution in [2.45, 2.75) is 6.42 Å². The third-order valence-electron chi connectivity index (χ3n) is 2.13. The molecule has 0 saturated heterocycles. The molecule has 2 heterocycles. The first-order valence-electron chi connectivity index (χ1n) is 5.01. The highest BCUT2D eigenvalue weighted by molar-refractivity contribution is 5.47. The number of hydrogen-bond donors (Lipinski definition) is 3. The van der Waals surface area contributed by atoms with E-state index in [4.69, 9.17) is 4.74 Å². The molecule has 0 fully saturated rings. The molecule has 0 aliphatic rings. The van der Waals surface area contributed by atoms with E-state index in [2.05, 4.69) is 30.5 Å². The quantitative estimate of drug-likeness (QED) is 0.649. The molecular formula is C9H12N6O2. The van der Waals surface area contributed by atoms with Gasteiger partial charge in [-0.05, 0) is 0 Å². The van der Waals surface area contributed by atoms with Crippen molar-refractivity contribution in [2.75, 3.05) is 19.0 Å². The van der Waals surface area contributed by atoms with Gasteiger partial charge in [-0.2, -0.15) is 5.10 Å². The molecule has 90 valence electrons. The zero-order valence-electron chi connectivity index (χ0n) is 9.23. The van der Waals surface area contributed by atoms with E-state index in [1.54, 1.807) is 0 Å². The van der Waals surface area contributed by atoms with Crippen LogP contribution in [-0.4, -0.2) is 38.8 Å². The van der Waals surface area contributed by atoms with Gasteiger partial charge >= 0.3 is 0 Å². The third-order valence-corrected chi connectivity index (χ3v) is 2.13. The molecule has 0 saturated carbocycles. The molecule has 3 N–H and O–H groups in total. The standard InChI is InChI=1S/C9H12N6O2/c1-17-7-8(12-4-13-9(7)16)10-3-2-6-11-5-14-15-6/h4-5H,2-3H2,1H3,(H,11,14,15)(H2,10,12,13,16). The Kier molecular flexibility index (Phi) is 3.34. The van der Waals surface area contributed by atoms with E-state index in [0.717, 1.165) is 5.82 Å². The molecule has 8 nitrogen and oxygen atoms in total. The van der Waals surface area contributed by atoms with Crippen LogP contribution in [0.25, 0.3) is 0 Å². The molecule has 0 bridgehead atoms. The lowest BCUT2D eigenvalue weighted by Gasteiger charge is -2.07. The van der Waals surface area contributed by atoms with Crippen LogP contribution in [0.2, 0.25) is 0 Å². The van der Waals surface area contributed by atoms with Crippen molar-refractivity contribution in [2.24, 2.45) is 0 Å². The van der Waals surface area contributed by atoms with Crippen LogP contribution in [0.5, 0.6) is 5.75 Å². The average molecular weight is 236 g/mol. The van der Waals surface area contributed by atoms with E-state index in [-0.39, 0.29) is 11.3 Å². The second-order valence-corrected chi connectivity index (χ2v) is 3.22. The van der Waals surface area contributed by atoms with E-state index in [0.29, 0.717) is 18.8 Å². The zero-order chi connectivity index (χ0) is 12.1. The summed E-state index contributed by atoms with van der Waals surface area (Å²) in [6.45, 7) is 0.571. The Balaban J connectivity index is 1.99. The summed E-state index contributed by atoms with van der Waals surface area (Å²) in [5.41, 5.74) is -0.315. The van der Waals surface area contributed by atoms with Gasteiger partial charge in [-0.25, -0.2) is 9.97 Å². The first kappa shape index (κ1) is 11.1. The number of aromatic amines is 2. The van der Waals surface area contributed by atoms with Crippen molar-refractivity contribution in [3.63, 3.8) is 0 Å². The minimum absolute atomic E-state index is 0.171. The number of ether oxygens (including phenoxy) is 1. The smallest absolute Gasteiger partial charge is 0.295 e. The minimum Gasteiger partial charge on any atom is -0.489 e. The Morgan fingerprint density at radius 3 is 3.06 bits per heavy atom. The zero-order valence-corrected chi connectivity index (χ0v) is 9.23. The SMILES string of the molecule is COc1c(NCCc2ncn[nH]2)nc[nH]c1=O. The van der Waals surface area contributed by atoms with Crippen molar-refractivity contribution < 1.29 is 4.74 Å². The van der Waals surface area contributed by atoms with Crippen LogP contribution in [0, 0.1) is 0 Å². The molecule has 0 spiro atoms. The Morgan fingerprint density at radius 1 is 1.47 bits per heavy atom. The molecule has 2 rings (SSSR count). The number of methoxy groups -OCH3 is 1. The summed E-state index contributed by atoms with van der Waals surface area (Å²) in [5, 5.41) is 9.48. The summed E-state index contributed by atoms with van der Waals surface area (Å²) < 4.78 is 4.96. The van der Waals surface area contributed by atoms with Gasteiger partial charge in [0.05, 0.1) is 13.4 Å². The molecule has 0 radical (unpaired) electrons. The van der Waals surface area contributed by atoms with Crippen molar-refractivity contribution in [3.8, 4) is 5.75 Å². The number of nitrogens with one attached hydrogen (secondary N) is 3. The minimum atomic E-state index is -0.315. The molecule has 17 heavy (non-hydrogen) atoms. The van der Waals surface area contributed by atoms with E-state index in [1.165, 1.54) is 19.8 Å². The lowest BCUT2D eigenvalue weighted by Crippen LogP contribution is -2.15. The second-order valence-electron chi connectivity index (χ2n) is 3.22. The predicted octanol–water partition coefficient (Wildman–Crippen LogP) is -0.449. The first-order chi connectivity index (χ1) is 8.31. The van der Waals surface area contributed by atoms with Crippen LogP contribution in [0.1, 0.15) is 5.82 Å². The van der Waals surface area contributed by atoms with Crippen LogP contribution in [0.15, 0.2) is 17.4 Å². The van der Waals surface area contributed by atoms with Crippen LogP contribution >= 0.6 is 0 Å². The summed E-state index contributed by atoms with van der Waals surface area (Å²) in [6, 6.07) is 0. The highest BCUT2D eigenvalue weighted by Gasteiger charge is 2.07. The van der Waals surface area contributed by atoms with Gasteiger partial charge in [0.25, 0.3) is 5.56 Å². The van der Waals surface area contributed by atoms with Gasteiger partial charge in [-0.15, -0.1) is 0 Å². The lowest BCUT2D eigenvalue weighted by atomic mass is 10.4. The molecule has 0 aliphatic carbocycles. The summed E-state index contributed by atoms with van der Waals surface area (Å²) in [5.74, 6) is 1.35. The van der Waals surface area contributed by atoms with E-state index in [1.807, 2.05) is 0 Å². The van der Waals surface area contributed by atoms with Gasteiger partial charge in [0.15, 0.2) is 5.82 Å². The Bertz CT molecular complexity index is 521. The van der Waals surface area contributed by atoms with Crippen LogP contribution in [-0.2, 0) is 6.42 Å². The number of H-pyrrole nitrogens is 2. The Morgan fingerprint density at radius 2 is 2.35 bits per heavy atom. The van der Waals surface area contributed by atoms with Crippen LogP contribution in [0.3, 0.4) is 0 Å². The molecule has 2 aromatic rings. The fraction of sp³-hybridized carbons (Fsp3) is 0.333. The van der Waals surface area contributed by atoms with Crippen LogP contribution in [0.4, 0.5) is 5.82 Å². The van der Waals surface area contributed by atoms with Gasteiger partial charge in [-0.3, -0.25) is 9.89 Å². The largest absolute Gasteiger partial charge is 0.489 e. The summed E-state index contributed by atoms with van der Waals surface area (Å²) in [4.78, 5) is 21.8. The maximum atomic E-state index is 11.4. The number of aromatic nitrogens is 5. The highest BCUT2D eigenvalue weighted by atomic mass is 16.5. The lowest BCUT2D eigenvalue weighted by molar-refractivity contribution is 0.408. The predicted molar refractivity (Wildman–Crippen MR) is 60.0 cm³/mol. The summed E-state index contributed by atoms with van der Waals surface area (Å²) in [6.07, 6.45) is 3.42. The molecule has 0 aromatic carbocycles. The molecule has 0 amide bonds. The summed E-state index contributed by atoms with van der Waals surface area (Å²) >= 11 is 0. The van der Waals surface area contributed by atoms with Gasteiger partial charge < -0.3 is 15.0 Å². The topological polar surface area (TPSA) is 109 Å². The molecule has 0 atom stereocenters. The maximum absolute atomic E-state index is 11.4. The fourth-order valence-corrected chi connectivity index (χ4v) is 1.35. The monoisotopic (exact) mass is 236 g/mol. The number of hydrogen-bond acceptors (Lipinski definition) is 6. The van der Waals surface area contributed by atoms with Gasteiger partial charge in [0.1, 0.15) is 12.2 Å². The van der Waals surface area contributed by atoms with E-state index < -0.39 is 0 Å². The van der Waals surface area contributed by atoms with Crippen molar-refractivity contribution in [1.82, 2.24) is 25.1 Å². The van der Waals surface area contributed by atoms with E-state index >= 15 is 0 Å². The van der Waals surface area contributed by atoms with Crippen molar-refractivity contribution in [1.29, 1.82) is 0 Å². The normalized spacial score (nSPS) is 10.2. The average Bonchev–Trinajstić information content (AvgIpc) is 2.82. The van der Waals surface area contributed by atoms with Crippen molar-refractivity contribution in [3.05, 3.63) is 28.8 Å². The molecule has 2 aromatic heterocycles. The second kappa shape index (κ2) is 5.10. The molecule has 0 unspecified atom stereocenters. The number of rotatable bonds is 5. The first-order valence-corrected chi connectivity index (χ1v) is 5.01. The van der Waals surface area contributed by atoms with Gasteiger partial charge in [0.2, 0.25) is 5.75 Å².